The van der Waals surface area contributed by atoms with Gasteiger partial charge < -0.3 is 10.2 Å². The van der Waals surface area contributed by atoms with Gasteiger partial charge in [-0.25, -0.2) is 0 Å². The van der Waals surface area contributed by atoms with Crippen molar-refractivity contribution in [2.24, 2.45) is 0 Å². The summed E-state index contributed by atoms with van der Waals surface area (Å²) in [6, 6.07) is 13.8. The highest BCUT2D eigenvalue weighted by atomic mass is 16.1. The average Bonchev–Trinajstić information content (AvgIpc) is 2.49. The first kappa shape index (κ1) is 15.1. The first-order chi connectivity index (χ1) is 10.0. The lowest BCUT2D eigenvalue weighted by Gasteiger charge is -2.18. The molecule has 3 heteroatoms. The summed E-state index contributed by atoms with van der Waals surface area (Å²) in [5.74, 6) is -0.0625. The zero-order valence-corrected chi connectivity index (χ0v) is 13.1. The van der Waals surface area contributed by atoms with Gasteiger partial charge in [0.05, 0.1) is 0 Å². The van der Waals surface area contributed by atoms with Crippen LogP contribution in [-0.2, 0) is 0 Å². The number of nitrogens with zero attached hydrogens (tertiary/aromatic N) is 1. The zero-order chi connectivity index (χ0) is 15.4. The van der Waals surface area contributed by atoms with E-state index in [9.17, 15) is 4.79 Å². The predicted octanol–water partition coefficient (Wildman–Crippen LogP) is 4.01. The van der Waals surface area contributed by atoms with Gasteiger partial charge >= 0.3 is 0 Å². The molecule has 0 aromatic heterocycles. The summed E-state index contributed by atoms with van der Waals surface area (Å²) in [4.78, 5) is 14.5. The van der Waals surface area contributed by atoms with Gasteiger partial charge in [-0.05, 0) is 50.6 Å². The Morgan fingerprint density at radius 1 is 1.14 bits per heavy atom. The Hall–Kier alpha value is -2.29. The lowest BCUT2D eigenvalue weighted by Crippen LogP contribution is -2.17. The molecule has 0 saturated carbocycles. The smallest absolute Gasteiger partial charge is 0.255 e. The molecule has 1 N–H and O–H groups in total. The van der Waals surface area contributed by atoms with Gasteiger partial charge in [-0.1, -0.05) is 23.8 Å². The van der Waals surface area contributed by atoms with Gasteiger partial charge in [0.1, 0.15) is 0 Å². The number of nitrogens with one attached hydrogen (secondary N) is 1. The standard InChI is InChI=1S/C18H22N2O/c1-5-20(4)16-8-6-7-15(12-16)19-18(21)17-11-13(2)9-10-14(17)3/h6-12H,5H2,1-4H3,(H,19,21). The fraction of sp³-hybridized carbons (Fsp3) is 0.278. The van der Waals surface area contributed by atoms with Gasteiger partial charge in [-0.2, -0.15) is 0 Å². The maximum absolute atomic E-state index is 12.4. The second kappa shape index (κ2) is 6.44. The minimum Gasteiger partial charge on any atom is -0.375 e. The normalized spacial score (nSPS) is 10.3. The van der Waals surface area contributed by atoms with Crippen molar-refractivity contribution in [2.45, 2.75) is 20.8 Å². The van der Waals surface area contributed by atoms with Gasteiger partial charge in [0, 0.05) is 30.5 Å². The molecule has 0 aliphatic carbocycles. The second-order valence-corrected chi connectivity index (χ2v) is 5.34. The summed E-state index contributed by atoms with van der Waals surface area (Å²) in [5, 5.41) is 2.98. The highest BCUT2D eigenvalue weighted by molar-refractivity contribution is 6.05. The number of hydrogen-bond donors (Lipinski definition) is 1. The molecule has 0 aliphatic heterocycles. The zero-order valence-electron chi connectivity index (χ0n) is 13.1. The number of rotatable bonds is 4. The molecule has 2 rings (SSSR count). The summed E-state index contributed by atoms with van der Waals surface area (Å²) in [7, 11) is 2.03. The number of benzene rings is 2. The van der Waals surface area contributed by atoms with Crippen molar-refractivity contribution in [2.75, 3.05) is 23.8 Å². The second-order valence-electron chi connectivity index (χ2n) is 5.34. The molecule has 2 aromatic rings. The number of carbonyl (C=O) groups is 1. The van der Waals surface area contributed by atoms with E-state index in [1.54, 1.807) is 0 Å². The highest BCUT2D eigenvalue weighted by Crippen LogP contribution is 2.20. The predicted molar refractivity (Wildman–Crippen MR) is 89.3 cm³/mol. The molecule has 110 valence electrons. The topological polar surface area (TPSA) is 32.3 Å². The van der Waals surface area contributed by atoms with Crippen molar-refractivity contribution in [1.82, 2.24) is 0 Å². The first-order valence-corrected chi connectivity index (χ1v) is 7.21. The van der Waals surface area contributed by atoms with E-state index in [0.29, 0.717) is 0 Å². The van der Waals surface area contributed by atoms with Crippen molar-refractivity contribution >= 4 is 17.3 Å². The Balaban J connectivity index is 2.21. The third-order valence-electron chi connectivity index (χ3n) is 3.66. The van der Waals surface area contributed by atoms with Crippen LogP contribution in [0.15, 0.2) is 42.5 Å². The summed E-state index contributed by atoms with van der Waals surface area (Å²) < 4.78 is 0. The molecule has 0 fully saturated rings. The molecule has 0 atom stereocenters. The largest absolute Gasteiger partial charge is 0.375 e. The number of amides is 1. The third-order valence-corrected chi connectivity index (χ3v) is 3.66. The maximum Gasteiger partial charge on any atom is 0.255 e. The van der Waals surface area contributed by atoms with Crippen LogP contribution in [-0.4, -0.2) is 19.5 Å². The number of hydrogen-bond acceptors (Lipinski definition) is 2. The van der Waals surface area contributed by atoms with Gasteiger partial charge in [-0.15, -0.1) is 0 Å². The van der Waals surface area contributed by atoms with Crippen LogP contribution in [0.3, 0.4) is 0 Å². The molecule has 0 radical (unpaired) electrons. The van der Waals surface area contributed by atoms with Gasteiger partial charge in [0.2, 0.25) is 0 Å². The van der Waals surface area contributed by atoms with Crippen molar-refractivity contribution in [3.05, 3.63) is 59.2 Å². The van der Waals surface area contributed by atoms with E-state index in [-0.39, 0.29) is 5.91 Å². The number of anilines is 2. The van der Waals surface area contributed by atoms with Crippen LogP contribution >= 0.6 is 0 Å². The summed E-state index contributed by atoms with van der Waals surface area (Å²) in [5.41, 5.74) is 4.71. The number of carbonyl (C=O) groups excluding carboxylic acids is 1. The first-order valence-electron chi connectivity index (χ1n) is 7.21. The Bertz CT molecular complexity index is 649. The van der Waals surface area contributed by atoms with E-state index in [4.69, 9.17) is 0 Å². The molecule has 2 aromatic carbocycles. The molecule has 0 unspecified atom stereocenters. The van der Waals surface area contributed by atoms with Gasteiger partial charge in [-0.3, -0.25) is 4.79 Å². The van der Waals surface area contributed by atoms with Crippen molar-refractivity contribution in [1.29, 1.82) is 0 Å². The van der Waals surface area contributed by atoms with E-state index in [1.807, 2.05) is 63.4 Å². The van der Waals surface area contributed by atoms with E-state index in [0.717, 1.165) is 34.6 Å². The Morgan fingerprint density at radius 2 is 1.90 bits per heavy atom. The summed E-state index contributed by atoms with van der Waals surface area (Å²) in [6.45, 7) is 6.97. The lowest BCUT2D eigenvalue weighted by atomic mass is 10.0. The van der Waals surface area contributed by atoms with Crippen molar-refractivity contribution in [3.63, 3.8) is 0 Å². The lowest BCUT2D eigenvalue weighted by molar-refractivity contribution is 0.102. The Labute approximate surface area is 126 Å². The molecule has 1 amide bonds. The van der Waals surface area contributed by atoms with Crippen LogP contribution in [0.5, 0.6) is 0 Å². The van der Waals surface area contributed by atoms with E-state index < -0.39 is 0 Å². The van der Waals surface area contributed by atoms with Crippen molar-refractivity contribution < 1.29 is 4.79 Å². The molecule has 0 saturated heterocycles. The highest BCUT2D eigenvalue weighted by Gasteiger charge is 2.10. The van der Waals surface area contributed by atoms with E-state index >= 15 is 0 Å². The van der Waals surface area contributed by atoms with Crippen LogP contribution < -0.4 is 10.2 Å². The van der Waals surface area contributed by atoms with Gasteiger partial charge in [0.25, 0.3) is 5.91 Å². The summed E-state index contributed by atoms with van der Waals surface area (Å²) in [6.07, 6.45) is 0. The van der Waals surface area contributed by atoms with E-state index in [1.165, 1.54) is 0 Å². The molecule has 21 heavy (non-hydrogen) atoms. The Morgan fingerprint density at radius 3 is 2.62 bits per heavy atom. The molecular weight excluding hydrogens is 260 g/mol. The average molecular weight is 282 g/mol. The maximum atomic E-state index is 12.4. The van der Waals surface area contributed by atoms with E-state index in [2.05, 4.69) is 17.1 Å². The van der Waals surface area contributed by atoms with Crippen LogP contribution in [0.25, 0.3) is 0 Å². The van der Waals surface area contributed by atoms with Crippen molar-refractivity contribution in [3.8, 4) is 0 Å². The SMILES string of the molecule is CCN(C)c1cccc(NC(=O)c2cc(C)ccc2C)c1. The molecule has 0 aliphatic rings. The molecule has 0 spiro atoms. The molecule has 3 nitrogen and oxygen atoms in total. The van der Waals surface area contributed by atoms with Crippen LogP contribution in [0, 0.1) is 13.8 Å². The quantitative estimate of drug-likeness (QED) is 0.919. The minimum absolute atomic E-state index is 0.0625. The molecule has 0 bridgehead atoms. The Kier molecular flexibility index (Phi) is 4.63. The van der Waals surface area contributed by atoms with Crippen LogP contribution in [0.4, 0.5) is 11.4 Å². The summed E-state index contributed by atoms with van der Waals surface area (Å²) >= 11 is 0. The number of aryl methyl sites for hydroxylation is 2. The van der Waals surface area contributed by atoms with Crippen LogP contribution in [0.2, 0.25) is 0 Å². The third kappa shape index (κ3) is 3.63. The molecule has 0 heterocycles. The van der Waals surface area contributed by atoms with Crippen LogP contribution in [0.1, 0.15) is 28.4 Å². The monoisotopic (exact) mass is 282 g/mol. The fourth-order valence-electron chi connectivity index (χ4n) is 2.18. The minimum atomic E-state index is -0.0625. The molecular formula is C18H22N2O. The van der Waals surface area contributed by atoms with Gasteiger partial charge in [0.15, 0.2) is 0 Å². The fourth-order valence-corrected chi connectivity index (χ4v) is 2.18.